The molecule has 0 spiro atoms. The van der Waals surface area contributed by atoms with Crippen molar-refractivity contribution in [2.75, 3.05) is 0 Å². The van der Waals surface area contributed by atoms with E-state index in [1.54, 1.807) is 19.1 Å². The van der Waals surface area contributed by atoms with E-state index in [0.717, 1.165) is 27.4 Å². The van der Waals surface area contributed by atoms with Crippen molar-refractivity contribution in [3.63, 3.8) is 0 Å². The van der Waals surface area contributed by atoms with Gasteiger partial charge in [-0.25, -0.2) is 0 Å². The SMILES string of the molecule is CC(=O)SC(C)(C(=O)O)c1ccc(-c2ccccc2Br)cc1. The van der Waals surface area contributed by atoms with Crippen LogP contribution in [0.3, 0.4) is 0 Å². The Kier molecular flexibility index (Phi) is 5.08. The van der Waals surface area contributed by atoms with E-state index in [-0.39, 0.29) is 5.12 Å². The minimum absolute atomic E-state index is 0.222. The number of carbonyl (C=O) groups is 2. The topological polar surface area (TPSA) is 54.4 Å². The van der Waals surface area contributed by atoms with Crippen LogP contribution >= 0.6 is 27.7 Å². The summed E-state index contributed by atoms with van der Waals surface area (Å²) in [7, 11) is 0. The molecule has 114 valence electrons. The second-order valence-corrected chi connectivity index (χ2v) is 7.44. The Balaban J connectivity index is 2.41. The van der Waals surface area contributed by atoms with Gasteiger partial charge in [0, 0.05) is 11.4 Å². The number of halogens is 1. The van der Waals surface area contributed by atoms with Crippen LogP contribution in [0.15, 0.2) is 53.0 Å². The van der Waals surface area contributed by atoms with Crippen LogP contribution in [0, 0.1) is 0 Å². The van der Waals surface area contributed by atoms with E-state index in [1.807, 2.05) is 36.4 Å². The monoisotopic (exact) mass is 378 g/mol. The van der Waals surface area contributed by atoms with Gasteiger partial charge in [-0.3, -0.25) is 9.59 Å². The van der Waals surface area contributed by atoms with Crippen molar-refractivity contribution in [2.45, 2.75) is 18.6 Å². The van der Waals surface area contributed by atoms with Gasteiger partial charge in [-0.05, 0) is 29.7 Å². The average Bonchev–Trinajstić information content (AvgIpc) is 2.47. The lowest BCUT2D eigenvalue weighted by molar-refractivity contribution is -0.139. The lowest BCUT2D eigenvalue weighted by Crippen LogP contribution is -2.29. The van der Waals surface area contributed by atoms with E-state index in [2.05, 4.69) is 15.9 Å². The Morgan fingerprint density at radius 2 is 1.68 bits per heavy atom. The van der Waals surface area contributed by atoms with Crippen molar-refractivity contribution in [1.29, 1.82) is 0 Å². The van der Waals surface area contributed by atoms with Crippen molar-refractivity contribution in [3.8, 4) is 11.1 Å². The van der Waals surface area contributed by atoms with Crippen LogP contribution in [-0.2, 0) is 14.3 Å². The fourth-order valence-corrected chi connectivity index (χ4v) is 3.61. The van der Waals surface area contributed by atoms with E-state index in [4.69, 9.17) is 0 Å². The first-order valence-corrected chi connectivity index (χ1v) is 8.24. The summed E-state index contributed by atoms with van der Waals surface area (Å²) in [5.41, 5.74) is 2.61. The number of rotatable bonds is 4. The van der Waals surface area contributed by atoms with Gasteiger partial charge in [-0.2, -0.15) is 0 Å². The van der Waals surface area contributed by atoms with Gasteiger partial charge in [-0.15, -0.1) is 0 Å². The molecular formula is C17H15BrO3S. The third-order valence-electron chi connectivity index (χ3n) is 3.38. The smallest absolute Gasteiger partial charge is 0.324 e. The minimum atomic E-state index is -1.28. The highest BCUT2D eigenvalue weighted by molar-refractivity contribution is 9.10. The van der Waals surface area contributed by atoms with Crippen LogP contribution in [0.1, 0.15) is 19.4 Å². The lowest BCUT2D eigenvalue weighted by atomic mass is 9.97. The average molecular weight is 379 g/mol. The zero-order chi connectivity index (χ0) is 16.3. The van der Waals surface area contributed by atoms with Gasteiger partial charge in [0.1, 0.15) is 4.75 Å². The zero-order valence-corrected chi connectivity index (χ0v) is 14.6. The van der Waals surface area contributed by atoms with Crippen molar-refractivity contribution in [1.82, 2.24) is 0 Å². The third kappa shape index (κ3) is 3.42. The first kappa shape index (κ1) is 16.8. The van der Waals surface area contributed by atoms with Crippen molar-refractivity contribution >= 4 is 38.8 Å². The predicted octanol–water partition coefficient (Wildman–Crippen LogP) is 4.70. The number of hydrogen-bond donors (Lipinski definition) is 1. The van der Waals surface area contributed by atoms with Gasteiger partial charge in [0.15, 0.2) is 5.12 Å². The third-order valence-corrected chi connectivity index (χ3v) is 5.17. The summed E-state index contributed by atoms with van der Waals surface area (Å²) in [4.78, 5) is 22.9. The Morgan fingerprint density at radius 3 is 2.18 bits per heavy atom. The van der Waals surface area contributed by atoms with Crippen molar-refractivity contribution < 1.29 is 14.7 Å². The highest BCUT2D eigenvalue weighted by Gasteiger charge is 2.37. The molecule has 0 aliphatic carbocycles. The fourth-order valence-electron chi connectivity index (χ4n) is 2.18. The molecule has 0 saturated carbocycles. The number of aliphatic carboxylic acids is 1. The highest BCUT2D eigenvalue weighted by Crippen LogP contribution is 2.38. The van der Waals surface area contributed by atoms with E-state index in [9.17, 15) is 14.7 Å². The van der Waals surface area contributed by atoms with Gasteiger partial charge in [0.2, 0.25) is 0 Å². The molecule has 3 nitrogen and oxygen atoms in total. The van der Waals surface area contributed by atoms with Crippen molar-refractivity contribution in [3.05, 3.63) is 58.6 Å². The number of thioether (sulfide) groups is 1. The molecule has 0 radical (unpaired) electrons. The zero-order valence-electron chi connectivity index (χ0n) is 12.2. The molecule has 0 heterocycles. The standard InChI is InChI=1S/C17H15BrO3S/c1-11(19)22-17(2,16(20)21)13-9-7-12(8-10-13)14-5-3-4-6-15(14)18/h3-10H,1-2H3,(H,20,21). The van der Waals surface area contributed by atoms with E-state index >= 15 is 0 Å². The molecule has 1 atom stereocenters. The molecule has 0 fully saturated rings. The van der Waals surface area contributed by atoms with Crippen LogP contribution in [-0.4, -0.2) is 16.2 Å². The maximum atomic E-state index is 11.6. The Bertz CT molecular complexity index is 712. The quantitative estimate of drug-likeness (QED) is 0.837. The highest BCUT2D eigenvalue weighted by atomic mass is 79.9. The summed E-state index contributed by atoms with van der Waals surface area (Å²) >= 11 is 4.32. The normalized spacial score (nSPS) is 13.4. The summed E-state index contributed by atoms with van der Waals surface area (Å²) in [5.74, 6) is -1.03. The number of benzene rings is 2. The second kappa shape index (κ2) is 6.67. The Hall–Kier alpha value is -1.59. The summed E-state index contributed by atoms with van der Waals surface area (Å²) in [6.45, 7) is 2.93. The molecule has 0 saturated heterocycles. The molecule has 2 aromatic rings. The second-order valence-electron chi connectivity index (χ2n) is 4.99. The van der Waals surface area contributed by atoms with E-state index < -0.39 is 10.7 Å². The molecule has 2 aromatic carbocycles. The Labute approximate surface area is 141 Å². The predicted molar refractivity (Wildman–Crippen MR) is 92.8 cm³/mol. The maximum absolute atomic E-state index is 11.6. The Morgan fingerprint density at radius 1 is 1.09 bits per heavy atom. The number of carboxylic acid groups (broad SMARTS) is 1. The number of hydrogen-bond acceptors (Lipinski definition) is 3. The summed E-state index contributed by atoms with van der Waals surface area (Å²) in [6, 6.07) is 15.1. The van der Waals surface area contributed by atoms with Gasteiger partial charge >= 0.3 is 5.97 Å². The number of carbonyl (C=O) groups excluding carboxylic acids is 1. The molecule has 0 amide bonds. The summed E-state index contributed by atoms with van der Waals surface area (Å²) < 4.78 is -0.306. The van der Waals surface area contributed by atoms with Gasteiger partial charge in [-0.1, -0.05) is 70.2 Å². The minimum Gasteiger partial charge on any atom is -0.480 e. The van der Waals surface area contributed by atoms with Gasteiger partial charge in [0.05, 0.1) is 0 Å². The molecule has 0 aromatic heterocycles. The van der Waals surface area contributed by atoms with E-state index in [1.165, 1.54) is 6.92 Å². The van der Waals surface area contributed by atoms with Crippen molar-refractivity contribution in [2.24, 2.45) is 0 Å². The maximum Gasteiger partial charge on any atom is 0.324 e. The first-order chi connectivity index (χ1) is 10.3. The molecule has 1 N–H and O–H groups in total. The molecule has 1 unspecified atom stereocenters. The van der Waals surface area contributed by atoms with E-state index in [0.29, 0.717) is 5.56 Å². The fraction of sp³-hybridized carbons (Fsp3) is 0.176. The van der Waals surface area contributed by atoms with Crippen LogP contribution in [0.2, 0.25) is 0 Å². The van der Waals surface area contributed by atoms with Gasteiger partial charge < -0.3 is 5.11 Å². The van der Waals surface area contributed by atoms with Crippen LogP contribution in [0.5, 0.6) is 0 Å². The largest absolute Gasteiger partial charge is 0.480 e. The van der Waals surface area contributed by atoms with Crippen LogP contribution in [0.4, 0.5) is 0 Å². The molecule has 0 aliphatic heterocycles. The van der Waals surface area contributed by atoms with Gasteiger partial charge in [0.25, 0.3) is 0 Å². The molecule has 2 rings (SSSR count). The molecule has 22 heavy (non-hydrogen) atoms. The summed E-state index contributed by atoms with van der Waals surface area (Å²) in [6.07, 6.45) is 0. The molecule has 0 aliphatic rings. The molecule has 5 heteroatoms. The van der Waals surface area contributed by atoms with Crippen LogP contribution in [0.25, 0.3) is 11.1 Å². The van der Waals surface area contributed by atoms with Crippen LogP contribution < -0.4 is 0 Å². The molecule has 0 bridgehead atoms. The first-order valence-electron chi connectivity index (χ1n) is 6.63. The lowest BCUT2D eigenvalue weighted by Gasteiger charge is -2.23. The number of carboxylic acids is 1. The molecular weight excluding hydrogens is 364 g/mol. The summed E-state index contributed by atoms with van der Waals surface area (Å²) in [5, 5.41) is 9.26.